The molecule has 1 rings (SSSR count). The van der Waals surface area contributed by atoms with Gasteiger partial charge in [-0.1, -0.05) is 31.1 Å². The Morgan fingerprint density at radius 1 is 1.32 bits per heavy atom. The number of benzene rings is 1. The van der Waals surface area contributed by atoms with Gasteiger partial charge in [0.05, 0.1) is 0 Å². The van der Waals surface area contributed by atoms with Gasteiger partial charge in [-0.25, -0.2) is 4.79 Å². The average Bonchev–Trinajstić information content (AvgIpc) is 2.36. The Bertz CT molecular complexity index is 518. The third kappa shape index (κ3) is 4.01. The third-order valence-electron chi connectivity index (χ3n) is 2.51. The summed E-state index contributed by atoms with van der Waals surface area (Å²) in [6.07, 6.45) is 0. The minimum Gasteiger partial charge on any atom is -0.480 e. The molecule has 0 aliphatic rings. The molecule has 100 valence electrons. The molecule has 1 aromatic carbocycles. The van der Waals surface area contributed by atoms with Crippen molar-refractivity contribution in [3.63, 3.8) is 0 Å². The van der Waals surface area contributed by atoms with E-state index in [1.807, 2.05) is 0 Å². The summed E-state index contributed by atoms with van der Waals surface area (Å²) in [5.74, 6) is -1.77. The van der Waals surface area contributed by atoms with Crippen LogP contribution in [0.2, 0.25) is 0 Å². The highest BCUT2D eigenvalue weighted by Gasteiger charge is 2.23. The monoisotopic (exact) mass is 262 g/mol. The van der Waals surface area contributed by atoms with Crippen molar-refractivity contribution < 1.29 is 14.7 Å². The smallest absolute Gasteiger partial charge is 0.326 e. The molecule has 0 aliphatic heterocycles. The van der Waals surface area contributed by atoms with Crippen molar-refractivity contribution in [1.29, 1.82) is 0 Å². The minimum atomic E-state index is -1.07. The number of amides is 1. The minimum absolute atomic E-state index is 0.219. The van der Waals surface area contributed by atoms with Crippen molar-refractivity contribution in [2.45, 2.75) is 19.9 Å². The first kappa shape index (κ1) is 14.5. The Balaban J connectivity index is 2.82. The number of carbonyl (C=O) groups excluding carboxylic acids is 1. The highest BCUT2D eigenvalue weighted by atomic mass is 16.4. The highest BCUT2D eigenvalue weighted by molar-refractivity contribution is 5.96. The molecule has 0 saturated carbocycles. The Labute approximate surface area is 109 Å². The van der Waals surface area contributed by atoms with Crippen molar-refractivity contribution in [3.8, 4) is 0 Å². The lowest BCUT2D eigenvalue weighted by Gasteiger charge is -2.17. The molecule has 7 nitrogen and oxygen atoms in total. The number of hydrogen-bond acceptors (Lipinski definition) is 3. The topological polar surface area (TPSA) is 115 Å². The number of azide groups is 1. The Kier molecular flexibility index (Phi) is 4.91. The lowest BCUT2D eigenvalue weighted by molar-refractivity contribution is -0.140. The molecule has 0 unspecified atom stereocenters. The zero-order chi connectivity index (χ0) is 14.4. The summed E-state index contributed by atoms with van der Waals surface area (Å²) >= 11 is 0. The van der Waals surface area contributed by atoms with Crippen LogP contribution in [0.3, 0.4) is 0 Å². The first-order chi connectivity index (χ1) is 8.95. The van der Waals surface area contributed by atoms with Gasteiger partial charge in [0.1, 0.15) is 6.04 Å². The number of carbonyl (C=O) groups is 2. The van der Waals surface area contributed by atoms with Crippen LogP contribution in [0.15, 0.2) is 29.4 Å². The van der Waals surface area contributed by atoms with E-state index in [-0.39, 0.29) is 5.92 Å². The maximum absolute atomic E-state index is 11.9. The number of nitrogens with zero attached hydrogens (tertiary/aromatic N) is 3. The molecule has 1 aromatic rings. The quantitative estimate of drug-likeness (QED) is 0.482. The maximum atomic E-state index is 11.9. The number of rotatable bonds is 5. The van der Waals surface area contributed by atoms with Crippen LogP contribution in [0, 0.1) is 5.92 Å². The second kappa shape index (κ2) is 6.42. The second-order valence-corrected chi connectivity index (χ2v) is 4.27. The molecule has 0 saturated heterocycles. The summed E-state index contributed by atoms with van der Waals surface area (Å²) in [4.78, 5) is 25.5. The van der Waals surface area contributed by atoms with Crippen molar-refractivity contribution in [1.82, 2.24) is 5.32 Å². The van der Waals surface area contributed by atoms with E-state index in [9.17, 15) is 9.59 Å². The molecule has 0 aliphatic carbocycles. The van der Waals surface area contributed by atoms with Gasteiger partial charge < -0.3 is 10.4 Å². The summed E-state index contributed by atoms with van der Waals surface area (Å²) in [6.45, 7) is 3.42. The Morgan fingerprint density at radius 2 is 1.89 bits per heavy atom. The van der Waals surface area contributed by atoms with E-state index in [0.29, 0.717) is 11.3 Å². The molecular formula is C12H14N4O3. The molecule has 0 fully saturated rings. The molecular weight excluding hydrogens is 248 g/mol. The van der Waals surface area contributed by atoms with Gasteiger partial charge >= 0.3 is 5.97 Å². The van der Waals surface area contributed by atoms with E-state index in [2.05, 4.69) is 15.3 Å². The lowest BCUT2D eigenvalue weighted by atomic mass is 10.0. The lowest BCUT2D eigenvalue weighted by Crippen LogP contribution is -2.44. The number of nitrogens with one attached hydrogen (secondary N) is 1. The van der Waals surface area contributed by atoms with Crippen LogP contribution in [0.1, 0.15) is 24.2 Å². The van der Waals surface area contributed by atoms with Gasteiger partial charge in [-0.2, -0.15) is 0 Å². The van der Waals surface area contributed by atoms with Crippen LogP contribution in [-0.2, 0) is 4.79 Å². The van der Waals surface area contributed by atoms with Gasteiger partial charge in [-0.3, -0.25) is 4.79 Å². The van der Waals surface area contributed by atoms with Crippen LogP contribution in [0.4, 0.5) is 5.69 Å². The van der Waals surface area contributed by atoms with E-state index in [4.69, 9.17) is 10.6 Å². The van der Waals surface area contributed by atoms with Crippen molar-refractivity contribution >= 4 is 17.6 Å². The van der Waals surface area contributed by atoms with Crippen LogP contribution in [-0.4, -0.2) is 23.0 Å². The highest BCUT2D eigenvalue weighted by Crippen LogP contribution is 2.13. The van der Waals surface area contributed by atoms with Crippen molar-refractivity contribution in [3.05, 3.63) is 40.3 Å². The van der Waals surface area contributed by atoms with Crippen LogP contribution < -0.4 is 5.32 Å². The number of carboxylic acid groups (broad SMARTS) is 1. The number of carboxylic acids is 1. The van der Waals surface area contributed by atoms with Gasteiger partial charge in [0.2, 0.25) is 0 Å². The van der Waals surface area contributed by atoms with Crippen LogP contribution in [0.25, 0.3) is 10.4 Å². The van der Waals surface area contributed by atoms with E-state index >= 15 is 0 Å². The van der Waals surface area contributed by atoms with Gasteiger partial charge in [0.25, 0.3) is 5.91 Å². The van der Waals surface area contributed by atoms with E-state index in [1.165, 1.54) is 24.3 Å². The summed E-state index contributed by atoms with van der Waals surface area (Å²) in [6, 6.07) is 4.97. The van der Waals surface area contributed by atoms with E-state index in [0.717, 1.165) is 0 Å². The molecule has 1 atom stereocenters. The summed E-state index contributed by atoms with van der Waals surface area (Å²) < 4.78 is 0. The van der Waals surface area contributed by atoms with Gasteiger partial charge in [-0.05, 0) is 23.6 Å². The SMILES string of the molecule is CC(C)[C@H](NC(=O)c1ccc(N=[N+]=[N-])cc1)C(=O)O. The van der Waals surface area contributed by atoms with E-state index in [1.54, 1.807) is 13.8 Å². The molecule has 2 N–H and O–H groups in total. The molecule has 7 heteroatoms. The summed E-state index contributed by atoms with van der Waals surface area (Å²) in [5.41, 5.74) is 8.95. The largest absolute Gasteiger partial charge is 0.480 e. The molecule has 0 bridgehead atoms. The van der Waals surface area contributed by atoms with Crippen LogP contribution >= 0.6 is 0 Å². The normalized spacial score (nSPS) is 11.5. The Morgan fingerprint density at radius 3 is 2.32 bits per heavy atom. The molecule has 0 spiro atoms. The summed E-state index contributed by atoms with van der Waals surface area (Å²) in [5, 5.41) is 14.8. The van der Waals surface area contributed by atoms with Gasteiger partial charge in [-0.15, -0.1) is 0 Å². The zero-order valence-electron chi connectivity index (χ0n) is 10.6. The third-order valence-corrected chi connectivity index (χ3v) is 2.51. The average molecular weight is 262 g/mol. The van der Waals surface area contributed by atoms with Gasteiger partial charge in [0, 0.05) is 16.2 Å². The molecule has 0 radical (unpaired) electrons. The number of hydrogen-bond donors (Lipinski definition) is 2. The van der Waals surface area contributed by atoms with Crippen molar-refractivity contribution in [2.75, 3.05) is 0 Å². The standard InChI is InChI=1S/C12H14N4O3/c1-7(2)10(12(18)19)14-11(17)8-3-5-9(6-4-8)15-16-13/h3-7,10H,1-2H3,(H,14,17)(H,18,19)/t10-/m0/s1. The predicted molar refractivity (Wildman–Crippen MR) is 69.0 cm³/mol. The maximum Gasteiger partial charge on any atom is 0.326 e. The van der Waals surface area contributed by atoms with Crippen LogP contribution in [0.5, 0.6) is 0 Å². The molecule has 0 heterocycles. The number of aliphatic carboxylic acids is 1. The zero-order valence-corrected chi connectivity index (χ0v) is 10.6. The fourth-order valence-corrected chi connectivity index (χ4v) is 1.47. The Hall–Kier alpha value is -2.53. The first-order valence-electron chi connectivity index (χ1n) is 5.64. The van der Waals surface area contributed by atoms with Crippen molar-refractivity contribution in [2.24, 2.45) is 11.0 Å². The first-order valence-corrected chi connectivity index (χ1v) is 5.64. The van der Waals surface area contributed by atoms with E-state index < -0.39 is 17.9 Å². The molecule has 1 amide bonds. The fraction of sp³-hybridized carbons (Fsp3) is 0.333. The predicted octanol–water partition coefficient (Wildman–Crippen LogP) is 2.47. The fourth-order valence-electron chi connectivity index (χ4n) is 1.47. The second-order valence-electron chi connectivity index (χ2n) is 4.27. The van der Waals surface area contributed by atoms with Gasteiger partial charge in [0.15, 0.2) is 0 Å². The molecule has 0 aromatic heterocycles. The summed E-state index contributed by atoms with van der Waals surface area (Å²) in [7, 11) is 0. The molecule has 19 heavy (non-hydrogen) atoms.